The van der Waals surface area contributed by atoms with Crippen molar-refractivity contribution in [2.45, 2.75) is 6.92 Å². The normalized spacial score (nSPS) is 9.21. The highest BCUT2D eigenvalue weighted by atomic mass is 32.1. The monoisotopic (exact) mass is 210 g/mol. The molecule has 1 aromatic rings. The van der Waals surface area contributed by atoms with Crippen LogP contribution in [0.15, 0.2) is 16.6 Å². The topological polar surface area (TPSA) is 77.9 Å². The van der Waals surface area contributed by atoms with E-state index in [1.165, 1.54) is 11.3 Å². The highest BCUT2D eigenvalue weighted by Gasteiger charge is 2.08. The van der Waals surface area contributed by atoms with Crippen LogP contribution in [-0.4, -0.2) is 19.0 Å². The Bertz CT molecular complexity index is 367. The van der Waals surface area contributed by atoms with Crippen molar-refractivity contribution in [1.29, 1.82) is 0 Å². The second-order valence-corrected chi connectivity index (χ2v) is 3.56. The Kier molecular flexibility index (Phi) is 3.97. The first-order valence-corrected chi connectivity index (χ1v) is 4.97. The molecule has 6 heteroatoms. The van der Waals surface area contributed by atoms with Crippen LogP contribution in [-0.2, 0) is 0 Å². The third-order valence-corrected chi connectivity index (χ3v) is 2.64. The zero-order valence-corrected chi connectivity index (χ0v) is 8.54. The summed E-state index contributed by atoms with van der Waals surface area (Å²) in [7, 11) is 0. The number of hydrogen-bond donors (Lipinski definition) is 1. The minimum atomic E-state index is -0.106. The molecule has 1 heterocycles. The maximum atomic E-state index is 11.5. The molecule has 1 aromatic heterocycles. The zero-order valence-electron chi connectivity index (χ0n) is 7.73. The van der Waals surface area contributed by atoms with Crippen molar-refractivity contribution in [3.63, 3.8) is 0 Å². The van der Waals surface area contributed by atoms with E-state index in [2.05, 4.69) is 15.3 Å². The summed E-state index contributed by atoms with van der Waals surface area (Å²) in [5, 5.41) is 7.86. The molecule has 1 amide bonds. The van der Waals surface area contributed by atoms with Gasteiger partial charge in [-0.15, -0.1) is 11.3 Å². The van der Waals surface area contributed by atoms with Crippen molar-refractivity contribution in [2.24, 2.45) is 5.11 Å². The number of carbonyl (C=O) groups excluding carboxylic acids is 1. The van der Waals surface area contributed by atoms with Crippen LogP contribution in [0.1, 0.15) is 15.2 Å². The van der Waals surface area contributed by atoms with Crippen LogP contribution in [0.25, 0.3) is 10.4 Å². The maximum absolute atomic E-state index is 11.5. The van der Waals surface area contributed by atoms with E-state index in [0.717, 1.165) is 5.56 Å². The van der Waals surface area contributed by atoms with E-state index >= 15 is 0 Å². The molecule has 1 N–H and O–H groups in total. The van der Waals surface area contributed by atoms with Gasteiger partial charge in [-0.1, -0.05) is 5.11 Å². The van der Waals surface area contributed by atoms with Gasteiger partial charge in [0, 0.05) is 18.0 Å². The molecule has 0 fully saturated rings. The molecular formula is C8H10N4OS. The van der Waals surface area contributed by atoms with Crippen molar-refractivity contribution in [3.05, 3.63) is 32.3 Å². The summed E-state index contributed by atoms with van der Waals surface area (Å²) >= 11 is 1.41. The molecule has 5 nitrogen and oxygen atoms in total. The third kappa shape index (κ3) is 2.76. The first-order chi connectivity index (χ1) is 6.75. The SMILES string of the molecule is Cc1ccsc1C(=O)NCCN=[N+]=[N-]. The van der Waals surface area contributed by atoms with E-state index in [1.807, 2.05) is 18.4 Å². The summed E-state index contributed by atoms with van der Waals surface area (Å²) in [5.74, 6) is -0.106. The fourth-order valence-electron chi connectivity index (χ4n) is 0.950. The molecule has 0 unspecified atom stereocenters. The summed E-state index contributed by atoms with van der Waals surface area (Å²) in [5.41, 5.74) is 8.98. The minimum Gasteiger partial charge on any atom is -0.351 e. The third-order valence-electron chi connectivity index (χ3n) is 1.63. The molecule has 0 aliphatic rings. The van der Waals surface area contributed by atoms with Gasteiger partial charge in [0.2, 0.25) is 0 Å². The lowest BCUT2D eigenvalue weighted by molar-refractivity contribution is 0.0958. The predicted octanol–water partition coefficient (Wildman–Crippen LogP) is 2.10. The lowest BCUT2D eigenvalue weighted by Gasteiger charge is -2.01. The summed E-state index contributed by atoms with van der Waals surface area (Å²) in [6.07, 6.45) is 0. The van der Waals surface area contributed by atoms with E-state index < -0.39 is 0 Å². The first kappa shape index (κ1) is 10.6. The molecule has 74 valence electrons. The number of aryl methyl sites for hydroxylation is 1. The lowest BCUT2D eigenvalue weighted by atomic mass is 10.3. The molecular weight excluding hydrogens is 200 g/mol. The molecule has 0 bridgehead atoms. The van der Waals surface area contributed by atoms with E-state index in [0.29, 0.717) is 11.4 Å². The van der Waals surface area contributed by atoms with Gasteiger partial charge in [0.25, 0.3) is 5.91 Å². The number of azide groups is 1. The molecule has 0 aromatic carbocycles. The van der Waals surface area contributed by atoms with Crippen LogP contribution in [0.3, 0.4) is 0 Å². The van der Waals surface area contributed by atoms with Gasteiger partial charge in [-0.3, -0.25) is 4.79 Å². The van der Waals surface area contributed by atoms with E-state index in [9.17, 15) is 4.79 Å². The molecule has 0 radical (unpaired) electrons. The van der Waals surface area contributed by atoms with Gasteiger partial charge in [0.05, 0.1) is 4.88 Å². The quantitative estimate of drug-likeness (QED) is 0.351. The van der Waals surface area contributed by atoms with Crippen LogP contribution in [0, 0.1) is 6.92 Å². The van der Waals surface area contributed by atoms with Gasteiger partial charge in [-0.2, -0.15) is 0 Å². The molecule has 14 heavy (non-hydrogen) atoms. The summed E-state index contributed by atoms with van der Waals surface area (Å²) in [6.45, 7) is 2.55. The Morgan fingerprint density at radius 1 is 1.79 bits per heavy atom. The number of nitrogens with zero attached hydrogens (tertiary/aromatic N) is 3. The van der Waals surface area contributed by atoms with Crippen molar-refractivity contribution >= 4 is 17.2 Å². The average Bonchev–Trinajstić information content (AvgIpc) is 2.59. The van der Waals surface area contributed by atoms with E-state index in [-0.39, 0.29) is 12.5 Å². The summed E-state index contributed by atoms with van der Waals surface area (Å²) in [6, 6.07) is 1.90. The van der Waals surface area contributed by atoms with Gasteiger partial charge in [0.1, 0.15) is 0 Å². The average molecular weight is 210 g/mol. The van der Waals surface area contributed by atoms with Crippen molar-refractivity contribution in [1.82, 2.24) is 5.32 Å². The van der Waals surface area contributed by atoms with Crippen molar-refractivity contribution < 1.29 is 4.79 Å². The zero-order chi connectivity index (χ0) is 10.4. The number of rotatable bonds is 4. The molecule has 0 atom stereocenters. The molecule has 1 rings (SSSR count). The molecule has 0 spiro atoms. The largest absolute Gasteiger partial charge is 0.351 e. The van der Waals surface area contributed by atoms with Crippen molar-refractivity contribution in [2.75, 3.05) is 13.1 Å². The predicted molar refractivity (Wildman–Crippen MR) is 55.4 cm³/mol. The van der Waals surface area contributed by atoms with Gasteiger partial charge >= 0.3 is 0 Å². The summed E-state index contributed by atoms with van der Waals surface area (Å²) < 4.78 is 0. The first-order valence-electron chi connectivity index (χ1n) is 4.09. The number of hydrogen-bond acceptors (Lipinski definition) is 3. The molecule has 0 aliphatic carbocycles. The van der Waals surface area contributed by atoms with Crippen LogP contribution < -0.4 is 5.32 Å². The second-order valence-electron chi connectivity index (χ2n) is 2.64. The second kappa shape index (κ2) is 5.26. The Labute approximate surface area is 85.4 Å². The van der Waals surface area contributed by atoms with Crippen LogP contribution in [0.5, 0.6) is 0 Å². The Morgan fingerprint density at radius 2 is 2.57 bits per heavy atom. The van der Waals surface area contributed by atoms with E-state index in [4.69, 9.17) is 5.53 Å². The Balaban J connectivity index is 2.43. The van der Waals surface area contributed by atoms with E-state index in [1.54, 1.807) is 0 Å². The molecule has 0 saturated heterocycles. The van der Waals surface area contributed by atoms with Gasteiger partial charge in [-0.05, 0) is 29.5 Å². The summed E-state index contributed by atoms with van der Waals surface area (Å²) in [4.78, 5) is 14.8. The number of thiophene rings is 1. The fraction of sp³-hybridized carbons (Fsp3) is 0.375. The van der Waals surface area contributed by atoms with Gasteiger partial charge < -0.3 is 5.32 Å². The van der Waals surface area contributed by atoms with Crippen molar-refractivity contribution in [3.8, 4) is 0 Å². The molecule has 0 saturated carbocycles. The Morgan fingerprint density at radius 3 is 3.14 bits per heavy atom. The van der Waals surface area contributed by atoms with Crippen LogP contribution in [0.4, 0.5) is 0 Å². The van der Waals surface area contributed by atoms with Gasteiger partial charge in [0.15, 0.2) is 0 Å². The standard InChI is InChI=1S/C8H10N4OS/c1-6-2-5-14-7(6)8(13)10-3-4-11-12-9/h2,5H,3-4H2,1H3,(H,10,13). The fourth-order valence-corrected chi connectivity index (χ4v) is 1.79. The van der Waals surface area contributed by atoms with Crippen LogP contribution >= 0.6 is 11.3 Å². The smallest absolute Gasteiger partial charge is 0.261 e. The number of amides is 1. The lowest BCUT2D eigenvalue weighted by Crippen LogP contribution is -2.25. The van der Waals surface area contributed by atoms with Crippen LogP contribution in [0.2, 0.25) is 0 Å². The highest BCUT2D eigenvalue weighted by Crippen LogP contribution is 2.14. The highest BCUT2D eigenvalue weighted by molar-refractivity contribution is 7.12. The number of nitrogens with one attached hydrogen (secondary N) is 1. The minimum absolute atomic E-state index is 0.106. The van der Waals surface area contributed by atoms with Gasteiger partial charge in [-0.25, -0.2) is 0 Å². The maximum Gasteiger partial charge on any atom is 0.261 e. The Hall–Kier alpha value is -1.52. The number of carbonyl (C=O) groups is 1. The molecule has 0 aliphatic heterocycles.